The number of amides is 1. The highest BCUT2D eigenvalue weighted by molar-refractivity contribution is 7.90. The van der Waals surface area contributed by atoms with Gasteiger partial charge in [0.25, 0.3) is 0 Å². The summed E-state index contributed by atoms with van der Waals surface area (Å²) in [5.41, 5.74) is 0.515. The van der Waals surface area contributed by atoms with Gasteiger partial charge in [0.1, 0.15) is 0 Å². The van der Waals surface area contributed by atoms with E-state index in [-0.39, 0.29) is 30.6 Å². The van der Waals surface area contributed by atoms with Crippen molar-refractivity contribution >= 4 is 27.3 Å². The van der Waals surface area contributed by atoms with E-state index in [1.807, 2.05) is 0 Å². The highest BCUT2D eigenvalue weighted by atomic mass is 35.5. The molecule has 0 saturated heterocycles. The molecule has 1 aromatic carbocycles. The molecule has 1 aliphatic rings. The van der Waals surface area contributed by atoms with Gasteiger partial charge in [0.2, 0.25) is 12.7 Å². The zero-order valence-electron chi connectivity index (χ0n) is 11.8. The van der Waals surface area contributed by atoms with Crippen LogP contribution < -0.4 is 9.47 Å². The lowest BCUT2D eigenvalue weighted by molar-refractivity contribution is -0.128. The first-order chi connectivity index (χ1) is 9.78. The van der Waals surface area contributed by atoms with Gasteiger partial charge >= 0.3 is 0 Å². The third-order valence-corrected chi connectivity index (χ3v) is 4.88. The molecular weight excluding hydrogens is 318 g/mol. The van der Waals surface area contributed by atoms with E-state index in [9.17, 15) is 13.2 Å². The molecular formula is C13H16ClNO5S. The van der Waals surface area contributed by atoms with E-state index in [4.69, 9.17) is 21.1 Å². The summed E-state index contributed by atoms with van der Waals surface area (Å²) in [6.45, 7) is 0.0720. The Bertz CT molecular complexity index is 657. The summed E-state index contributed by atoms with van der Waals surface area (Å²) in [7, 11) is -0.220. The molecule has 1 amide bonds. The maximum absolute atomic E-state index is 12.1. The predicted octanol–water partition coefficient (Wildman–Crippen LogP) is 1.46. The van der Waals surface area contributed by atoms with E-state index in [0.29, 0.717) is 22.1 Å². The number of fused-ring (bicyclic) bond motifs is 1. The van der Waals surface area contributed by atoms with Crippen LogP contribution in [0.4, 0.5) is 0 Å². The molecule has 0 aromatic heterocycles. The second kappa shape index (κ2) is 6.11. The number of benzene rings is 1. The molecule has 1 aliphatic heterocycles. The van der Waals surface area contributed by atoms with E-state index in [1.165, 1.54) is 4.90 Å². The Morgan fingerprint density at radius 3 is 2.71 bits per heavy atom. The Kier molecular flexibility index (Phi) is 4.63. The molecule has 0 saturated carbocycles. The third-order valence-electron chi connectivity index (χ3n) is 3.00. The van der Waals surface area contributed by atoms with Crippen molar-refractivity contribution in [3.05, 3.63) is 22.7 Å². The fourth-order valence-corrected chi connectivity index (χ4v) is 3.49. The summed E-state index contributed by atoms with van der Waals surface area (Å²) in [6, 6.07) is 3.14. The summed E-state index contributed by atoms with van der Waals surface area (Å²) in [5.74, 6) is 0.264. The van der Waals surface area contributed by atoms with Gasteiger partial charge in [0, 0.05) is 20.5 Å². The maximum Gasteiger partial charge on any atom is 0.231 e. The quantitative estimate of drug-likeness (QED) is 0.815. The van der Waals surface area contributed by atoms with Crippen LogP contribution in [0.1, 0.15) is 12.0 Å². The third kappa shape index (κ3) is 4.01. The molecule has 0 N–H and O–H groups in total. The average Bonchev–Trinajstić information content (AvgIpc) is 2.84. The number of rotatable bonds is 5. The van der Waals surface area contributed by atoms with Gasteiger partial charge in [-0.15, -0.1) is 0 Å². The molecule has 116 valence electrons. The number of nitrogens with zero attached hydrogens (tertiary/aromatic N) is 1. The molecule has 1 heterocycles. The van der Waals surface area contributed by atoms with E-state index >= 15 is 0 Å². The number of hydrogen-bond donors (Lipinski definition) is 0. The number of hydrogen-bond acceptors (Lipinski definition) is 5. The van der Waals surface area contributed by atoms with E-state index in [2.05, 4.69) is 0 Å². The zero-order valence-corrected chi connectivity index (χ0v) is 13.3. The van der Waals surface area contributed by atoms with Gasteiger partial charge in [-0.2, -0.15) is 0 Å². The largest absolute Gasteiger partial charge is 0.454 e. The predicted molar refractivity (Wildman–Crippen MR) is 78.4 cm³/mol. The Labute approximate surface area is 128 Å². The Morgan fingerprint density at radius 2 is 2.05 bits per heavy atom. The Balaban J connectivity index is 2.07. The van der Waals surface area contributed by atoms with E-state index < -0.39 is 9.84 Å². The van der Waals surface area contributed by atoms with E-state index in [0.717, 1.165) is 0 Å². The van der Waals surface area contributed by atoms with Crippen LogP contribution in [0.2, 0.25) is 5.02 Å². The van der Waals surface area contributed by atoms with Crippen molar-refractivity contribution in [3.8, 4) is 11.5 Å². The smallest absolute Gasteiger partial charge is 0.231 e. The van der Waals surface area contributed by atoms with Crippen molar-refractivity contribution < 1.29 is 22.7 Å². The minimum atomic E-state index is -3.40. The molecule has 0 spiro atoms. The minimum absolute atomic E-state index is 0.0341. The van der Waals surface area contributed by atoms with Crippen LogP contribution in [0, 0.1) is 0 Å². The van der Waals surface area contributed by atoms with Crippen molar-refractivity contribution in [2.45, 2.75) is 12.2 Å². The monoisotopic (exact) mass is 333 g/mol. The lowest BCUT2D eigenvalue weighted by Crippen LogP contribution is -2.24. The number of carbonyl (C=O) groups is 1. The van der Waals surface area contributed by atoms with Gasteiger partial charge in [0.05, 0.1) is 16.5 Å². The fraction of sp³-hybridized carbons (Fsp3) is 0.462. The summed E-state index contributed by atoms with van der Waals surface area (Å²) < 4.78 is 34.5. The van der Waals surface area contributed by atoms with Crippen LogP contribution in [0.15, 0.2) is 12.1 Å². The van der Waals surface area contributed by atoms with Crippen LogP contribution in [0.5, 0.6) is 11.5 Å². The lowest BCUT2D eigenvalue weighted by Gasteiger charge is -2.10. The van der Waals surface area contributed by atoms with Crippen molar-refractivity contribution in [1.29, 1.82) is 0 Å². The standard InChI is InChI=1S/C13H16ClNO5S/c1-15(2)12(16)3-4-21(17,18)7-9-5-10(14)13-11(6-9)19-8-20-13/h5-6H,3-4,7-8H2,1-2H3. The zero-order chi connectivity index (χ0) is 15.6. The van der Waals surface area contributed by atoms with Crippen molar-refractivity contribution in [2.75, 3.05) is 26.6 Å². The summed E-state index contributed by atoms with van der Waals surface area (Å²) in [4.78, 5) is 12.8. The lowest BCUT2D eigenvalue weighted by atomic mass is 10.2. The van der Waals surface area contributed by atoms with Crippen molar-refractivity contribution in [3.63, 3.8) is 0 Å². The number of sulfone groups is 1. The van der Waals surface area contributed by atoms with Gasteiger partial charge in [-0.1, -0.05) is 11.6 Å². The summed E-state index contributed by atoms with van der Waals surface area (Å²) in [5, 5.41) is 0.319. The van der Waals surface area contributed by atoms with Gasteiger partial charge in [-0.25, -0.2) is 8.42 Å². The highest BCUT2D eigenvalue weighted by Gasteiger charge is 2.21. The Morgan fingerprint density at radius 1 is 1.33 bits per heavy atom. The number of carbonyl (C=O) groups excluding carboxylic acids is 1. The van der Waals surface area contributed by atoms with Crippen LogP contribution in [-0.4, -0.2) is 45.9 Å². The summed E-state index contributed by atoms with van der Waals surface area (Å²) >= 11 is 6.01. The molecule has 0 atom stereocenters. The Hall–Kier alpha value is -1.47. The molecule has 0 radical (unpaired) electrons. The van der Waals surface area contributed by atoms with Crippen molar-refractivity contribution in [1.82, 2.24) is 4.90 Å². The van der Waals surface area contributed by atoms with Crippen molar-refractivity contribution in [2.24, 2.45) is 0 Å². The van der Waals surface area contributed by atoms with Gasteiger partial charge < -0.3 is 14.4 Å². The molecule has 0 bridgehead atoms. The molecule has 2 rings (SSSR count). The topological polar surface area (TPSA) is 72.9 Å². The van der Waals surface area contributed by atoms with E-state index in [1.54, 1.807) is 26.2 Å². The van der Waals surface area contributed by atoms with Crippen LogP contribution in [-0.2, 0) is 20.4 Å². The molecule has 0 aliphatic carbocycles. The number of ether oxygens (including phenoxy) is 2. The average molecular weight is 334 g/mol. The highest BCUT2D eigenvalue weighted by Crippen LogP contribution is 2.40. The minimum Gasteiger partial charge on any atom is -0.454 e. The van der Waals surface area contributed by atoms with Gasteiger partial charge in [-0.3, -0.25) is 4.79 Å². The van der Waals surface area contributed by atoms with Crippen LogP contribution in [0.25, 0.3) is 0 Å². The molecule has 0 unspecified atom stereocenters. The molecule has 0 fully saturated rings. The second-order valence-corrected chi connectivity index (χ2v) is 7.53. The first-order valence-electron chi connectivity index (χ1n) is 6.27. The molecule has 21 heavy (non-hydrogen) atoms. The molecule has 8 heteroatoms. The fourth-order valence-electron chi connectivity index (χ4n) is 1.90. The first kappa shape index (κ1) is 15.9. The van der Waals surface area contributed by atoms with Crippen LogP contribution in [0.3, 0.4) is 0 Å². The second-order valence-electron chi connectivity index (χ2n) is 4.94. The normalized spacial score (nSPS) is 13.3. The number of halogens is 1. The molecule has 1 aromatic rings. The maximum atomic E-state index is 12.1. The van der Waals surface area contributed by atoms with Gasteiger partial charge in [0.15, 0.2) is 21.3 Å². The first-order valence-corrected chi connectivity index (χ1v) is 8.47. The SMILES string of the molecule is CN(C)C(=O)CCS(=O)(=O)Cc1cc(Cl)c2c(c1)OCO2. The van der Waals surface area contributed by atoms with Gasteiger partial charge in [-0.05, 0) is 17.7 Å². The summed E-state index contributed by atoms with van der Waals surface area (Å²) in [6.07, 6.45) is -0.0341. The van der Waals surface area contributed by atoms with Crippen LogP contribution >= 0.6 is 11.6 Å². The molecule has 6 nitrogen and oxygen atoms in total.